The Balaban J connectivity index is 1.99. The first-order valence-corrected chi connectivity index (χ1v) is 7.73. The summed E-state index contributed by atoms with van der Waals surface area (Å²) in [6.45, 7) is 4.13. The lowest BCUT2D eigenvalue weighted by atomic mass is 9.63. The SMILES string of the molecule is CC1CC2(Cc3ccc(Br)cc3C2=O)CC(C)C1O. The van der Waals surface area contributed by atoms with Crippen LogP contribution in [0.4, 0.5) is 0 Å². The molecular formula is C16H19BrO2. The number of aliphatic hydroxyl groups excluding tert-OH is 1. The first kappa shape index (κ1) is 13.3. The Hall–Kier alpha value is -0.670. The van der Waals surface area contributed by atoms with Crippen molar-refractivity contribution in [3.63, 3.8) is 0 Å². The molecule has 1 spiro atoms. The van der Waals surface area contributed by atoms with E-state index in [0.717, 1.165) is 29.3 Å². The van der Waals surface area contributed by atoms with Crippen LogP contribution in [0.1, 0.15) is 42.6 Å². The largest absolute Gasteiger partial charge is 0.393 e. The maximum absolute atomic E-state index is 12.8. The zero-order valence-electron chi connectivity index (χ0n) is 11.3. The quantitative estimate of drug-likeness (QED) is 0.792. The van der Waals surface area contributed by atoms with Gasteiger partial charge in [0, 0.05) is 15.5 Å². The normalized spacial score (nSPS) is 37.7. The Morgan fingerprint density at radius 1 is 1.26 bits per heavy atom. The Morgan fingerprint density at radius 2 is 1.89 bits per heavy atom. The van der Waals surface area contributed by atoms with Crippen molar-refractivity contribution in [3.05, 3.63) is 33.8 Å². The molecule has 0 aliphatic heterocycles. The highest BCUT2D eigenvalue weighted by Gasteiger charge is 2.51. The monoisotopic (exact) mass is 322 g/mol. The van der Waals surface area contributed by atoms with Gasteiger partial charge in [0.2, 0.25) is 0 Å². The summed E-state index contributed by atoms with van der Waals surface area (Å²) in [5, 5.41) is 10.1. The number of aliphatic hydroxyl groups is 1. The van der Waals surface area contributed by atoms with Gasteiger partial charge >= 0.3 is 0 Å². The molecule has 3 heteroatoms. The van der Waals surface area contributed by atoms with Crippen molar-refractivity contribution in [2.75, 3.05) is 0 Å². The van der Waals surface area contributed by atoms with Gasteiger partial charge in [-0.05, 0) is 48.8 Å². The summed E-state index contributed by atoms with van der Waals surface area (Å²) in [7, 11) is 0. The van der Waals surface area contributed by atoms with Crippen molar-refractivity contribution in [2.24, 2.45) is 17.3 Å². The molecule has 1 saturated carbocycles. The minimum Gasteiger partial charge on any atom is -0.393 e. The van der Waals surface area contributed by atoms with Gasteiger partial charge in [-0.15, -0.1) is 0 Å². The van der Waals surface area contributed by atoms with Crippen molar-refractivity contribution in [2.45, 2.75) is 39.2 Å². The van der Waals surface area contributed by atoms with E-state index in [1.54, 1.807) is 0 Å². The second kappa shape index (κ2) is 4.42. The molecule has 1 fully saturated rings. The second-order valence-corrected chi connectivity index (χ2v) is 7.36. The van der Waals surface area contributed by atoms with Gasteiger partial charge < -0.3 is 5.11 Å². The molecule has 19 heavy (non-hydrogen) atoms. The van der Waals surface area contributed by atoms with Crippen LogP contribution in [0.15, 0.2) is 22.7 Å². The van der Waals surface area contributed by atoms with Crippen LogP contribution in [0.2, 0.25) is 0 Å². The first-order valence-electron chi connectivity index (χ1n) is 6.94. The maximum Gasteiger partial charge on any atom is 0.169 e. The fraction of sp³-hybridized carbons (Fsp3) is 0.562. The van der Waals surface area contributed by atoms with Gasteiger partial charge in [-0.25, -0.2) is 0 Å². The number of ketones is 1. The molecule has 2 nitrogen and oxygen atoms in total. The van der Waals surface area contributed by atoms with E-state index in [4.69, 9.17) is 0 Å². The van der Waals surface area contributed by atoms with Crippen molar-refractivity contribution in [1.29, 1.82) is 0 Å². The third kappa shape index (κ3) is 1.98. The lowest BCUT2D eigenvalue weighted by Crippen LogP contribution is -2.44. The number of benzene rings is 1. The van der Waals surface area contributed by atoms with E-state index in [1.807, 2.05) is 12.1 Å². The molecule has 0 bridgehead atoms. The lowest BCUT2D eigenvalue weighted by molar-refractivity contribution is -0.0161. The second-order valence-electron chi connectivity index (χ2n) is 6.44. The first-order chi connectivity index (χ1) is 8.93. The average Bonchev–Trinajstić information content (AvgIpc) is 2.60. The van der Waals surface area contributed by atoms with Crippen LogP contribution in [-0.4, -0.2) is 17.0 Å². The van der Waals surface area contributed by atoms with Gasteiger partial charge in [-0.3, -0.25) is 4.79 Å². The van der Waals surface area contributed by atoms with Gasteiger partial charge in [0.15, 0.2) is 5.78 Å². The molecule has 0 amide bonds. The zero-order chi connectivity index (χ0) is 13.8. The van der Waals surface area contributed by atoms with Gasteiger partial charge in [-0.1, -0.05) is 35.8 Å². The van der Waals surface area contributed by atoms with Crippen molar-refractivity contribution < 1.29 is 9.90 Å². The van der Waals surface area contributed by atoms with E-state index >= 15 is 0 Å². The third-order valence-corrected chi connectivity index (χ3v) is 5.41. The van der Waals surface area contributed by atoms with Crippen LogP contribution in [0.25, 0.3) is 0 Å². The molecule has 0 saturated heterocycles. The van der Waals surface area contributed by atoms with Crippen LogP contribution in [0, 0.1) is 17.3 Å². The highest BCUT2D eigenvalue weighted by molar-refractivity contribution is 9.10. The molecule has 1 aromatic carbocycles. The van der Waals surface area contributed by atoms with Crippen LogP contribution in [0.5, 0.6) is 0 Å². The summed E-state index contributed by atoms with van der Waals surface area (Å²) >= 11 is 3.45. The fourth-order valence-corrected chi connectivity index (χ4v) is 4.45. The van der Waals surface area contributed by atoms with E-state index in [-0.39, 0.29) is 29.1 Å². The average molecular weight is 323 g/mol. The van der Waals surface area contributed by atoms with Crippen LogP contribution < -0.4 is 0 Å². The summed E-state index contributed by atoms with van der Waals surface area (Å²) in [5.41, 5.74) is 1.79. The standard InChI is InChI=1S/C16H19BrO2/c1-9-6-16(7-10(2)14(9)18)8-11-3-4-12(17)5-13(11)15(16)19/h3-5,9-10,14,18H,6-8H2,1-2H3. The number of carbonyl (C=O) groups excluding carboxylic acids is 1. The highest BCUT2D eigenvalue weighted by Crippen LogP contribution is 2.50. The Morgan fingerprint density at radius 3 is 2.53 bits per heavy atom. The smallest absolute Gasteiger partial charge is 0.169 e. The van der Waals surface area contributed by atoms with Crippen molar-refractivity contribution in [3.8, 4) is 0 Å². The molecule has 1 N–H and O–H groups in total. The summed E-state index contributed by atoms with van der Waals surface area (Å²) in [6, 6.07) is 6.02. The summed E-state index contributed by atoms with van der Waals surface area (Å²) in [6.07, 6.45) is 2.19. The Kier molecular flexibility index (Phi) is 3.10. The number of rotatable bonds is 0. The summed E-state index contributed by atoms with van der Waals surface area (Å²) in [5.74, 6) is 0.685. The van der Waals surface area contributed by atoms with Gasteiger partial charge in [0.1, 0.15) is 0 Å². The highest BCUT2D eigenvalue weighted by atomic mass is 79.9. The van der Waals surface area contributed by atoms with E-state index < -0.39 is 0 Å². The molecule has 3 rings (SSSR count). The molecule has 0 aromatic heterocycles. The van der Waals surface area contributed by atoms with Crippen LogP contribution in [0.3, 0.4) is 0 Å². The molecule has 102 valence electrons. The third-order valence-electron chi connectivity index (χ3n) is 4.92. The number of hydrogen-bond acceptors (Lipinski definition) is 2. The van der Waals surface area contributed by atoms with E-state index in [1.165, 1.54) is 5.56 Å². The molecule has 2 aliphatic rings. The Bertz CT molecular complexity index is 526. The topological polar surface area (TPSA) is 37.3 Å². The molecule has 0 heterocycles. The minimum absolute atomic E-state index is 0.199. The predicted molar refractivity (Wildman–Crippen MR) is 78.2 cm³/mol. The van der Waals surface area contributed by atoms with Crippen LogP contribution >= 0.6 is 15.9 Å². The Labute approximate surface area is 122 Å². The van der Waals surface area contributed by atoms with Crippen molar-refractivity contribution in [1.82, 2.24) is 0 Å². The number of halogens is 1. The lowest BCUT2D eigenvalue weighted by Gasteiger charge is -2.42. The van der Waals surface area contributed by atoms with Gasteiger partial charge in [-0.2, -0.15) is 0 Å². The molecule has 2 aliphatic carbocycles. The summed E-state index contributed by atoms with van der Waals surface area (Å²) < 4.78 is 0.966. The predicted octanol–water partition coefficient (Wildman–Crippen LogP) is 3.60. The number of hydrogen-bond donors (Lipinski definition) is 1. The molecule has 1 aromatic rings. The molecule has 2 unspecified atom stereocenters. The van der Waals surface area contributed by atoms with E-state index in [0.29, 0.717) is 0 Å². The number of carbonyl (C=O) groups is 1. The van der Waals surface area contributed by atoms with Crippen molar-refractivity contribution >= 4 is 21.7 Å². The van der Waals surface area contributed by atoms with E-state index in [2.05, 4.69) is 35.8 Å². The number of fused-ring (bicyclic) bond motifs is 1. The number of Topliss-reactive ketones (excluding diaryl/α,β-unsaturated/α-hetero) is 1. The zero-order valence-corrected chi connectivity index (χ0v) is 12.9. The minimum atomic E-state index is -0.270. The maximum atomic E-state index is 12.8. The molecule has 2 atom stereocenters. The van der Waals surface area contributed by atoms with Crippen LogP contribution in [-0.2, 0) is 6.42 Å². The van der Waals surface area contributed by atoms with E-state index in [9.17, 15) is 9.90 Å². The van der Waals surface area contributed by atoms with Gasteiger partial charge in [0.25, 0.3) is 0 Å². The fourth-order valence-electron chi connectivity index (χ4n) is 4.09. The molecule has 0 radical (unpaired) electrons. The molecular weight excluding hydrogens is 304 g/mol. The van der Waals surface area contributed by atoms with Gasteiger partial charge in [0.05, 0.1) is 6.10 Å². The summed E-state index contributed by atoms with van der Waals surface area (Å²) in [4.78, 5) is 12.8.